The van der Waals surface area contributed by atoms with Crippen LogP contribution in [0.2, 0.25) is 0 Å². The lowest BCUT2D eigenvalue weighted by Gasteiger charge is -2.63. The molecule has 3 aromatic carbocycles. The molecule has 37 nitrogen and oxygen atoms in total. The summed E-state index contributed by atoms with van der Waals surface area (Å²) in [6.07, 6.45) is -3.89. The quantitative estimate of drug-likeness (QED) is 0.0318. The summed E-state index contributed by atoms with van der Waals surface area (Å²) in [6, 6.07) is 18.6. The van der Waals surface area contributed by atoms with Gasteiger partial charge in [0.2, 0.25) is 35.3 Å². The Bertz CT molecular complexity index is 4850. The van der Waals surface area contributed by atoms with E-state index in [0.717, 1.165) is 59.1 Å². The number of nitrogens with two attached hydrogens (primary N) is 1. The van der Waals surface area contributed by atoms with E-state index in [-0.39, 0.29) is 165 Å². The first-order valence-electron chi connectivity index (χ1n) is 47.9. The third-order valence-electron chi connectivity index (χ3n) is 28.3. The number of urea groups is 1. The van der Waals surface area contributed by atoms with Crippen molar-refractivity contribution >= 4 is 81.5 Å². The van der Waals surface area contributed by atoms with Crippen LogP contribution >= 0.6 is 0 Å². The van der Waals surface area contributed by atoms with Crippen LogP contribution in [0, 0.1) is 34.5 Å². The van der Waals surface area contributed by atoms with Crippen LogP contribution in [0.5, 0.6) is 5.75 Å². The Morgan fingerprint density at radius 1 is 0.721 bits per heavy atom. The number of ether oxygens (including phenoxy) is 9. The van der Waals surface area contributed by atoms with E-state index in [4.69, 9.17) is 48.4 Å². The maximum Gasteiger partial charge on any atom is 0.312 e. The Morgan fingerprint density at radius 3 is 2.16 bits per heavy atom. The summed E-state index contributed by atoms with van der Waals surface area (Å²) in [5.74, 6) is -7.19. The van der Waals surface area contributed by atoms with Crippen LogP contribution in [-0.4, -0.2) is 272 Å². The summed E-state index contributed by atoms with van der Waals surface area (Å²) >= 11 is 0. The highest BCUT2D eigenvalue weighted by Crippen LogP contribution is 2.72. The number of alkyl halides is 2. The van der Waals surface area contributed by atoms with Gasteiger partial charge in [-0.1, -0.05) is 95.5 Å². The van der Waals surface area contributed by atoms with E-state index >= 15 is 13.6 Å². The number of carbonyl (C=O) groups excluding carboxylic acids is 10. The van der Waals surface area contributed by atoms with Crippen LogP contribution in [0.15, 0.2) is 108 Å². The molecule has 5 aliphatic carbocycles. The molecule has 16 N–H and O–H groups in total. The number of fused-ring (bicyclic) bond motifs is 11. The van der Waals surface area contributed by atoms with Crippen molar-refractivity contribution in [1.29, 1.82) is 0 Å². The molecule has 5 aliphatic heterocycles. The highest BCUT2D eigenvalue weighted by atomic mass is 19.1. The molecule has 2 saturated heterocycles. The molecule has 0 aromatic heterocycles. The predicted molar refractivity (Wildman–Crippen MR) is 490 cm³/mol. The molecule has 5 heterocycles. The first-order chi connectivity index (χ1) is 65.3. The second-order valence-corrected chi connectivity index (χ2v) is 37.6. The molecule has 13 rings (SSSR count). The number of halogens is 2. The first-order valence-corrected chi connectivity index (χ1v) is 47.9. The number of amides is 7. The van der Waals surface area contributed by atoms with Gasteiger partial charge in [-0.05, 0) is 156 Å². The maximum absolute atomic E-state index is 18.2. The molecule has 0 radical (unpaired) electrons. The van der Waals surface area contributed by atoms with E-state index in [1.165, 1.54) is 48.4 Å². The van der Waals surface area contributed by atoms with Crippen molar-refractivity contribution in [3.05, 3.63) is 125 Å². The molecule has 0 bridgehead atoms. The summed E-state index contributed by atoms with van der Waals surface area (Å²) < 4.78 is 88.8. The molecule has 0 spiro atoms. The molecule has 19 atom stereocenters. The summed E-state index contributed by atoms with van der Waals surface area (Å²) in [6.45, 7) is 9.25. The number of Topliss-reactive ketones (excluding diaryl/α,β-unsaturated/α-hetero) is 3. The summed E-state index contributed by atoms with van der Waals surface area (Å²) in [7, 11) is 1.93. The first kappa shape index (κ1) is 104. The lowest BCUT2D eigenvalue weighted by Crippen LogP contribution is -2.71. The molecular weight excluding hydrogens is 1770 g/mol. The van der Waals surface area contributed by atoms with Crippen molar-refractivity contribution in [3.8, 4) is 5.75 Å². The standard InChI is InChI=1S/C97H135F2N13O24/c1-7-19-82-135-78-51-66-67-50-69(98)68-49-62(115)35-37-94(68,4)96(67,99)76(117)52-95(66,5)97(78,136-82)77(118)55-132-63-32-29-60(30-33-63)103-90(125)58(21-17-39-102-93(100)127)48-73(116)83(57(2)3)105-91(126)70(25-15-16-38-101-80(120)56-133-74-28-10-8-9-27-72-85(74)107-109-112(72)92-89(124)88(123)87(122)75(54-113)134-92)104-79(119)36-41-129-43-45-131-47-46-130-44-42-128-40-18-22-61(114)31-34-81(121)111-53-59-20-11-12-23-64(59)86-84(106-108-110(86)6)65-24-13-14-26-71(65)111/h11-14,20,23-24,26,29-30,32-33,35,37,49,57-58,66-67,69-70,74-76,78,82-83,87-89,92,106-109,113,117,122-124H,7-10,15-19,21-22,25,27-28,31,34,36,38-48,50-56H2,1-6H3,(H,101,120)(H,103,125)(H,104,119)(H,105,126)(H3,100,102,127)/t58-,66+,67+,69+,70-,74?,75-,76+,78-,82?,83+,87+,88+,89-,92-,94+,95+,96+,97-/m1/s1. The zero-order valence-corrected chi connectivity index (χ0v) is 78.3. The largest absolute Gasteiger partial charge is 0.486 e. The van der Waals surface area contributed by atoms with E-state index in [1.54, 1.807) is 25.7 Å². The van der Waals surface area contributed by atoms with Gasteiger partial charge in [-0.2, -0.15) is 0 Å². The number of unbranched alkanes of at least 4 members (excludes halogenated alkanes) is 1. The maximum atomic E-state index is 18.2. The van der Waals surface area contributed by atoms with E-state index in [9.17, 15) is 68.7 Å². The molecular formula is C97H135F2N13O24. The number of anilines is 2. The van der Waals surface area contributed by atoms with Gasteiger partial charge in [-0.3, -0.25) is 53.2 Å². The molecule has 39 heteroatoms. The van der Waals surface area contributed by atoms with Gasteiger partial charge < -0.3 is 116 Å². The van der Waals surface area contributed by atoms with Crippen molar-refractivity contribution in [2.75, 3.05) is 103 Å². The Hall–Kier alpha value is -9.82. The topological polar surface area (TPSA) is 499 Å². The fraction of sp³-hybridized carbons (Fsp3) is 0.629. The van der Waals surface area contributed by atoms with Crippen molar-refractivity contribution in [3.63, 3.8) is 0 Å². The Morgan fingerprint density at radius 2 is 1.43 bits per heavy atom. The molecule has 5 fully saturated rings. The van der Waals surface area contributed by atoms with Crippen LogP contribution in [0.1, 0.15) is 186 Å². The normalized spacial score (nSPS) is 28.2. The van der Waals surface area contributed by atoms with Gasteiger partial charge in [0, 0.05) is 98.3 Å². The van der Waals surface area contributed by atoms with Crippen LogP contribution in [0.4, 0.5) is 25.0 Å². The summed E-state index contributed by atoms with van der Waals surface area (Å²) in [4.78, 5) is 139. The van der Waals surface area contributed by atoms with Crippen molar-refractivity contribution in [2.45, 2.75) is 261 Å². The molecule has 746 valence electrons. The Labute approximate surface area is 790 Å². The van der Waals surface area contributed by atoms with E-state index in [0.29, 0.717) is 63.1 Å². The highest BCUT2D eigenvalue weighted by Gasteiger charge is 2.80. The minimum absolute atomic E-state index is 0.0242. The van der Waals surface area contributed by atoms with Gasteiger partial charge in [0.1, 0.15) is 67.5 Å². The van der Waals surface area contributed by atoms with Gasteiger partial charge in [0.25, 0.3) is 0 Å². The SMILES string of the molecule is CCCC1O[C@@H]2C[C@H]3[C@@H]4C[C@H](F)C5=CC(=O)C=C[C@]5(C)[C@@]4(F)[C@@H](O)C[C@]3(C)[C@]2(C(=O)COc2ccc(NC(=O)[C@H](CCCNC(N)=O)CC(=O)[C@@H](NC(=O)[C@@H](CCCCNC(=O)COC3CCCCCC4=C3NNN4[C@@H]3O[C@H](CO)[C@H](O)[C@H](O)[C@H]3O)NC(=O)CCOCCOCCOCCOCCCC(=O)CCC(=O)N3Cc4ccccc4C4=C(NNN4C)c4ccccc43)C(C)C)cc2)O1. The fourth-order valence-electron chi connectivity index (χ4n) is 21.2. The predicted octanol–water partition coefficient (Wildman–Crippen LogP) is 5.32. The molecule has 10 aliphatic rings. The van der Waals surface area contributed by atoms with E-state index in [2.05, 4.69) is 48.5 Å². The number of hydrogen-bond donors (Lipinski definition) is 15. The van der Waals surface area contributed by atoms with Crippen molar-refractivity contribution in [2.24, 2.45) is 40.2 Å². The van der Waals surface area contributed by atoms with Gasteiger partial charge in [-0.25, -0.2) is 13.6 Å². The second-order valence-electron chi connectivity index (χ2n) is 37.6. The van der Waals surface area contributed by atoms with Crippen LogP contribution < -0.4 is 63.9 Å². The number of para-hydroxylation sites is 1. The average molecular weight is 1910 g/mol. The highest BCUT2D eigenvalue weighted by molar-refractivity contribution is 6.04. The number of hydrazine groups is 4. The minimum Gasteiger partial charge on any atom is -0.486 e. The molecule has 136 heavy (non-hydrogen) atoms. The van der Waals surface area contributed by atoms with Gasteiger partial charge in [-0.15, -0.1) is 11.1 Å². The third-order valence-corrected chi connectivity index (χ3v) is 28.3. The molecule has 3 aromatic rings. The average Bonchev–Trinajstić information content (AvgIpc) is 1.45. The van der Waals surface area contributed by atoms with Crippen molar-refractivity contribution < 1.29 is 125 Å². The number of rotatable bonds is 48. The molecule has 2 unspecified atom stereocenters. The number of ketones is 4. The third kappa shape index (κ3) is 23.5. The van der Waals surface area contributed by atoms with E-state index < -0.39 is 186 Å². The number of primary amides is 1. The number of allylic oxidation sites excluding steroid dienone is 5. The van der Waals surface area contributed by atoms with E-state index in [1.807, 2.05) is 67.5 Å². The monoisotopic (exact) mass is 1900 g/mol. The lowest BCUT2D eigenvalue weighted by molar-refractivity contribution is -0.266. The number of aliphatic hydroxyl groups is 5. The zero-order valence-electron chi connectivity index (χ0n) is 78.3. The number of nitrogens with one attached hydrogen (secondary N) is 9. The van der Waals surface area contributed by atoms with Gasteiger partial charge >= 0.3 is 6.03 Å². The molecule has 3 saturated carbocycles. The number of nitrogens with zero attached hydrogens (tertiary/aromatic N) is 3. The fourth-order valence-corrected chi connectivity index (χ4v) is 21.2. The van der Waals surface area contributed by atoms with Crippen molar-refractivity contribution in [1.82, 2.24) is 53.2 Å². The van der Waals surface area contributed by atoms with Crippen LogP contribution in [0.25, 0.3) is 11.4 Å². The summed E-state index contributed by atoms with van der Waals surface area (Å²) in [5, 5.41) is 71.4. The minimum atomic E-state index is -2.40. The smallest absolute Gasteiger partial charge is 0.312 e. The number of aliphatic hydroxyl groups excluding tert-OH is 5. The number of hydrogen-bond acceptors (Lipinski definition) is 30. The van der Waals surface area contributed by atoms with Crippen LogP contribution in [-0.2, 0) is 87.6 Å². The number of carbonyl (C=O) groups is 10. The zero-order chi connectivity index (χ0) is 97.2. The summed E-state index contributed by atoms with van der Waals surface area (Å²) in [5.41, 5.74) is 17.7. The second kappa shape index (κ2) is 47.2. The van der Waals surface area contributed by atoms with Crippen LogP contribution in [0.3, 0.4) is 0 Å². The van der Waals surface area contributed by atoms with Gasteiger partial charge in [0.05, 0.1) is 106 Å². The molecule has 7 amide bonds. The number of benzene rings is 3. The Balaban J connectivity index is 0.574. The van der Waals surface area contributed by atoms with Gasteiger partial charge in [0.15, 0.2) is 35.4 Å². The lowest BCUT2D eigenvalue weighted by atomic mass is 9.44. The Kier molecular flexibility index (Phi) is 36.0.